The molecule has 0 aliphatic heterocycles. The molecule has 0 aliphatic rings. The maximum absolute atomic E-state index is 10.8. The van der Waals surface area contributed by atoms with Crippen LogP contribution in [0.15, 0.2) is 24.3 Å². The highest BCUT2D eigenvalue weighted by molar-refractivity contribution is 6.32. The lowest BCUT2D eigenvalue weighted by Gasteiger charge is -2.09. The van der Waals surface area contributed by atoms with Gasteiger partial charge in [-0.3, -0.25) is 10.1 Å². The third-order valence-electron chi connectivity index (χ3n) is 2.51. The zero-order valence-corrected chi connectivity index (χ0v) is 12.2. The molecule has 2 rings (SSSR count). The molecule has 0 radical (unpaired) electrons. The first kappa shape index (κ1) is 15.0. The molecule has 0 atom stereocenters. The minimum Gasteiger partial charge on any atom is -0.437 e. The van der Waals surface area contributed by atoms with Gasteiger partial charge in [0.05, 0.1) is 16.0 Å². The highest BCUT2D eigenvalue weighted by Gasteiger charge is 2.13. The van der Waals surface area contributed by atoms with Crippen molar-refractivity contribution in [3.05, 3.63) is 45.1 Å². The average Bonchev–Trinajstić information content (AvgIpc) is 2.40. The van der Waals surface area contributed by atoms with Crippen molar-refractivity contribution in [2.75, 3.05) is 11.9 Å². The van der Waals surface area contributed by atoms with E-state index < -0.39 is 4.92 Å². The highest BCUT2D eigenvalue weighted by atomic mass is 35.5. The molecule has 0 bridgehead atoms. The minimum absolute atomic E-state index is 0.105. The number of nitrogens with one attached hydrogen (secondary N) is 1. The summed E-state index contributed by atoms with van der Waals surface area (Å²) < 4.78 is 5.54. The molecule has 1 N–H and O–H groups in total. The molecular weight excluding hydrogens is 296 g/mol. The second-order valence-electron chi connectivity index (χ2n) is 4.18. The van der Waals surface area contributed by atoms with Crippen molar-refractivity contribution in [3.63, 3.8) is 0 Å². The Morgan fingerprint density at radius 2 is 2.14 bits per heavy atom. The fraction of sp³-hybridized carbons (Fsp3) is 0.231. The lowest BCUT2D eigenvalue weighted by molar-refractivity contribution is -0.384. The molecule has 1 aromatic heterocycles. The van der Waals surface area contributed by atoms with E-state index in [9.17, 15) is 10.1 Å². The van der Waals surface area contributed by atoms with Crippen molar-refractivity contribution in [3.8, 4) is 11.6 Å². The molecule has 0 amide bonds. The maximum Gasteiger partial charge on any atom is 0.273 e. The number of nitrogens with zero attached hydrogens (tertiary/aromatic N) is 3. The van der Waals surface area contributed by atoms with Gasteiger partial charge in [0.25, 0.3) is 5.69 Å². The van der Waals surface area contributed by atoms with Crippen LogP contribution in [0.4, 0.5) is 11.6 Å². The van der Waals surface area contributed by atoms with E-state index in [1.165, 1.54) is 18.2 Å². The number of ether oxygens (including phenoxy) is 1. The predicted octanol–water partition coefficient (Wildman–Crippen LogP) is 3.57. The number of aromatic nitrogens is 2. The van der Waals surface area contributed by atoms with Crippen LogP contribution in [0.3, 0.4) is 0 Å². The molecule has 0 spiro atoms. The summed E-state index contributed by atoms with van der Waals surface area (Å²) >= 11 is 5.98. The quantitative estimate of drug-likeness (QED) is 0.670. The smallest absolute Gasteiger partial charge is 0.273 e. The zero-order valence-electron chi connectivity index (χ0n) is 11.5. The first-order chi connectivity index (χ1) is 9.99. The number of hydrogen-bond acceptors (Lipinski definition) is 6. The first-order valence-corrected chi connectivity index (χ1v) is 6.58. The van der Waals surface area contributed by atoms with Gasteiger partial charge in [-0.15, -0.1) is 0 Å². The standard InChI is InChI=1S/C13H13ClN4O3/c1-3-15-13-16-8(2)6-12(17-13)21-11-7-9(18(19)20)4-5-10(11)14/h4-7H,3H2,1-2H3,(H,15,16,17). The van der Waals surface area contributed by atoms with Crippen molar-refractivity contribution in [2.45, 2.75) is 13.8 Å². The van der Waals surface area contributed by atoms with Crippen LogP contribution < -0.4 is 10.1 Å². The Bertz CT molecular complexity index is 678. The van der Waals surface area contributed by atoms with Crippen LogP contribution in [-0.4, -0.2) is 21.4 Å². The van der Waals surface area contributed by atoms with Crippen molar-refractivity contribution in [1.29, 1.82) is 0 Å². The summed E-state index contributed by atoms with van der Waals surface area (Å²) in [4.78, 5) is 18.6. The Morgan fingerprint density at radius 3 is 2.81 bits per heavy atom. The van der Waals surface area contributed by atoms with Crippen LogP contribution in [-0.2, 0) is 0 Å². The SMILES string of the molecule is CCNc1nc(C)cc(Oc2cc([N+](=O)[O-])ccc2Cl)n1. The van der Waals surface area contributed by atoms with Crippen molar-refractivity contribution in [2.24, 2.45) is 0 Å². The number of nitro groups is 1. The summed E-state index contributed by atoms with van der Waals surface area (Å²) in [6, 6.07) is 5.60. The zero-order chi connectivity index (χ0) is 15.4. The number of non-ortho nitro benzene ring substituents is 1. The molecule has 8 heteroatoms. The third-order valence-corrected chi connectivity index (χ3v) is 2.82. The van der Waals surface area contributed by atoms with Crippen molar-refractivity contribution < 1.29 is 9.66 Å². The summed E-state index contributed by atoms with van der Waals surface area (Å²) in [7, 11) is 0. The monoisotopic (exact) mass is 308 g/mol. The Morgan fingerprint density at radius 1 is 1.38 bits per heavy atom. The Balaban J connectivity index is 2.33. The number of benzene rings is 1. The van der Waals surface area contributed by atoms with E-state index in [1.807, 2.05) is 6.92 Å². The molecule has 0 unspecified atom stereocenters. The molecule has 2 aromatic rings. The molecule has 0 saturated heterocycles. The molecule has 1 aromatic carbocycles. The van der Waals surface area contributed by atoms with Gasteiger partial charge in [0.2, 0.25) is 11.8 Å². The van der Waals surface area contributed by atoms with E-state index in [2.05, 4.69) is 15.3 Å². The van der Waals surface area contributed by atoms with E-state index in [0.29, 0.717) is 18.2 Å². The fourth-order valence-electron chi connectivity index (χ4n) is 1.63. The van der Waals surface area contributed by atoms with Gasteiger partial charge >= 0.3 is 0 Å². The van der Waals surface area contributed by atoms with E-state index in [4.69, 9.17) is 16.3 Å². The summed E-state index contributed by atoms with van der Waals surface area (Å²) in [6.45, 7) is 4.38. The van der Waals surface area contributed by atoms with Crippen molar-refractivity contribution in [1.82, 2.24) is 9.97 Å². The van der Waals surface area contributed by atoms with E-state index in [-0.39, 0.29) is 22.3 Å². The molecule has 0 aliphatic carbocycles. The van der Waals surface area contributed by atoms with Gasteiger partial charge in [0.1, 0.15) is 0 Å². The summed E-state index contributed by atoms with van der Waals surface area (Å²) in [6.07, 6.45) is 0. The lowest BCUT2D eigenvalue weighted by atomic mass is 10.3. The van der Waals surface area contributed by atoms with Gasteiger partial charge in [0.15, 0.2) is 5.75 Å². The van der Waals surface area contributed by atoms with Gasteiger partial charge in [-0.25, -0.2) is 4.98 Å². The Kier molecular flexibility index (Phi) is 4.54. The largest absolute Gasteiger partial charge is 0.437 e. The summed E-state index contributed by atoms with van der Waals surface area (Å²) in [5, 5.41) is 14.0. The predicted molar refractivity (Wildman–Crippen MR) is 79.1 cm³/mol. The first-order valence-electron chi connectivity index (χ1n) is 6.21. The van der Waals surface area contributed by atoms with Crippen LogP contribution in [0.5, 0.6) is 11.6 Å². The van der Waals surface area contributed by atoms with Crippen molar-refractivity contribution >= 4 is 23.2 Å². The van der Waals surface area contributed by atoms with Gasteiger partial charge in [0, 0.05) is 24.4 Å². The molecule has 110 valence electrons. The number of halogens is 1. The minimum atomic E-state index is -0.515. The van der Waals surface area contributed by atoms with E-state index >= 15 is 0 Å². The van der Waals surface area contributed by atoms with Crippen LogP contribution in [0.25, 0.3) is 0 Å². The second kappa shape index (κ2) is 6.36. The number of rotatable bonds is 5. The van der Waals surface area contributed by atoms with Gasteiger partial charge < -0.3 is 10.1 Å². The molecule has 0 saturated carbocycles. The number of hydrogen-bond donors (Lipinski definition) is 1. The third kappa shape index (κ3) is 3.79. The molecule has 1 heterocycles. The van der Waals surface area contributed by atoms with E-state index in [1.54, 1.807) is 13.0 Å². The summed E-state index contributed by atoms with van der Waals surface area (Å²) in [5.41, 5.74) is 0.601. The van der Waals surface area contributed by atoms with Gasteiger partial charge in [-0.1, -0.05) is 11.6 Å². The second-order valence-corrected chi connectivity index (χ2v) is 4.58. The van der Waals surface area contributed by atoms with E-state index in [0.717, 1.165) is 0 Å². The van der Waals surface area contributed by atoms with Gasteiger partial charge in [-0.2, -0.15) is 4.98 Å². The Hall–Kier alpha value is -2.41. The Labute approximate surface area is 126 Å². The molecule has 7 nitrogen and oxygen atoms in total. The lowest BCUT2D eigenvalue weighted by Crippen LogP contribution is -2.04. The maximum atomic E-state index is 10.8. The molecular formula is C13H13ClN4O3. The van der Waals surface area contributed by atoms with Crippen LogP contribution in [0.1, 0.15) is 12.6 Å². The van der Waals surface area contributed by atoms with Gasteiger partial charge in [-0.05, 0) is 19.9 Å². The molecule has 21 heavy (non-hydrogen) atoms. The fourth-order valence-corrected chi connectivity index (χ4v) is 1.78. The summed E-state index contributed by atoms with van der Waals surface area (Å²) in [5.74, 6) is 0.862. The number of aryl methyl sites for hydroxylation is 1. The van der Waals surface area contributed by atoms with Crippen LogP contribution in [0, 0.1) is 17.0 Å². The topological polar surface area (TPSA) is 90.2 Å². The van der Waals surface area contributed by atoms with Crippen LogP contribution in [0.2, 0.25) is 5.02 Å². The highest BCUT2D eigenvalue weighted by Crippen LogP contribution is 2.32. The average molecular weight is 309 g/mol. The number of nitro benzene ring substituents is 1. The molecule has 0 fully saturated rings. The normalized spacial score (nSPS) is 10.2. The van der Waals surface area contributed by atoms with Crippen LogP contribution >= 0.6 is 11.6 Å². The number of anilines is 1.